The highest BCUT2D eigenvalue weighted by molar-refractivity contribution is 7.81. The van der Waals surface area contributed by atoms with Gasteiger partial charge in [-0.2, -0.15) is 0 Å². The van der Waals surface area contributed by atoms with Gasteiger partial charge in [-0.15, -0.1) is 0 Å². The van der Waals surface area contributed by atoms with Crippen LogP contribution in [0.5, 0.6) is 0 Å². The van der Waals surface area contributed by atoms with E-state index in [1.807, 2.05) is 0 Å². The van der Waals surface area contributed by atoms with Crippen molar-refractivity contribution in [1.29, 1.82) is 0 Å². The molecule has 1 nitrogen and oxygen atoms in total. The quantitative estimate of drug-likeness (QED) is 0.0834. The van der Waals surface area contributed by atoms with Gasteiger partial charge in [-0.3, -0.25) is 0 Å². The van der Waals surface area contributed by atoms with Gasteiger partial charge in [0, 0.05) is 16.5 Å². The second-order valence-corrected chi connectivity index (χ2v) is 12.8. The normalized spacial score (nSPS) is 12.1. The molecule has 0 aliphatic heterocycles. The van der Waals surface area contributed by atoms with Crippen LogP contribution in [-0.2, 0) is 4.52 Å². The van der Waals surface area contributed by atoms with Gasteiger partial charge in [-0.05, 0) is 25.1 Å². The zero-order chi connectivity index (χ0) is 26.4. The first-order valence-electron chi connectivity index (χ1n) is 15.4. The molecule has 0 aliphatic rings. The summed E-state index contributed by atoms with van der Waals surface area (Å²) >= 11 is 5.85. The molecule has 0 bridgehead atoms. The number of rotatable bonds is 22. The van der Waals surface area contributed by atoms with E-state index in [0.29, 0.717) is 5.92 Å². The molecular weight excluding hydrogens is 487 g/mol. The molecule has 1 atom stereocenters. The Kier molecular flexibility index (Phi) is 18.7. The third-order valence-corrected chi connectivity index (χ3v) is 9.85. The van der Waals surface area contributed by atoms with E-state index in [1.54, 1.807) is 0 Å². The largest absolute Gasteiger partial charge is 0.457 e. The highest BCUT2D eigenvalue weighted by Crippen LogP contribution is 2.37. The summed E-state index contributed by atoms with van der Waals surface area (Å²) in [5, 5.41) is 3.26. The van der Waals surface area contributed by atoms with Gasteiger partial charge < -0.3 is 4.52 Å². The number of thiocarbonyl (C=S) groups is 1. The minimum absolute atomic E-state index is 0.374. The average molecular weight is 541 g/mol. The van der Waals surface area contributed by atoms with Gasteiger partial charge in [-0.25, -0.2) is 0 Å². The standard InChI is InChI=1S/C34H53OPS/c1-3-5-6-7-8-9-10-11-12-13-14-15-16-17-18-21-26-31(4-2)34(37)35-36(32-27-22-19-23-28-32)33-29-24-20-25-30-33/h19-20,22-25,27-31H,3-18,21,26H2,1-2H3. The molecule has 3 heteroatoms. The molecule has 0 fully saturated rings. The monoisotopic (exact) mass is 540 g/mol. The Hall–Kier alpha value is -1.24. The van der Waals surface area contributed by atoms with Gasteiger partial charge in [0.2, 0.25) is 0 Å². The maximum absolute atomic E-state index is 6.55. The van der Waals surface area contributed by atoms with Crippen molar-refractivity contribution in [2.75, 3.05) is 0 Å². The van der Waals surface area contributed by atoms with E-state index in [-0.39, 0.29) is 0 Å². The molecule has 0 N–H and O–H groups in total. The summed E-state index contributed by atoms with van der Waals surface area (Å²) in [7, 11) is -0.909. The van der Waals surface area contributed by atoms with Gasteiger partial charge in [0.25, 0.3) is 0 Å². The van der Waals surface area contributed by atoms with Crippen molar-refractivity contribution >= 4 is 36.0 Å². The molecule has 0 heterocycles. The summed E-state index contributed by atoms with van der Waals surface area (Å²) in [6.45, 7) is 4.55. The zero-order valence-electron chi connectivity index (χ0n) is 23.8. The maximum atomic E-state index is 6.55. The lowest BCUT2D eigenvalue weighted by Crippen LogP contribution is -2.20. The van der Waals surface area contributed by atoms with Crippen LogP contribution >= 0.6 is 20.4 Å². The first-order valence-corrected chi connectivity index (χ1v) is 17.0. The van der Waals surface area contributed by atoms with Crippen LogP contribution in [0.1, 0.15) is 129 Å². The Balaban J connectivity index is 1.56. The fraction of sp³-hybridized carbons (Fsp3) is 0.618. The SMILES string of the molecule is CCCCCCCCCCCCCCCCCCC(CC)C(=S)OP(c1ccccc1)c1ccccc1. The molecule has 37 heavy (non-hydrogen) atoms. The molecule has 0 saturated carbocycles. The summed E-state index contributed by atoms with van der Waals surface area (Å²) < 4.78 is 6.55. The van der Waals surface area contributed by atoms with Crippen molar-refractivity contribution in [3.8, 4) is 0 Å². The van der Waals surface area contributed by atoms with E-state index >= 15 is 0 Å². The second-order valence-electron chi connectivity index (χ2n) is 10.6. The topological polar surface area (TPSA) is 9.23 Å². The van der Waals surface area contributed by atoms with Crippen LogP contribution in [0.4, 0.5) is 0 Å². The maximum Gasteiger partial charge on any atom is 0.167 e. The molecule has 2 rings (SSSR count). The molecule has 0 saturated heterocycles. The highest BCUT2D eigenvalue weighted by atomic mass is 32.1. The molecule has 1 unspecified atom stereocenters. The van der Waals surface area contributed by atoms with Crippen molar-refractivity contribution in [1.82, 2.24) is 0 Å². The van der Waals surface area contributed by atoms with E-state index < -0.39 is 8.15 Å². The van der Waals surface area contributed by atoms with Gasteiger partial charge in [-0.1, -0.05) is 177 Å². The average Bonchev–Trinajstić information content (AvgIpc) is 2.94. The molecule has 2 aromatic carbocycles. The van der Waals surface area contributed by atoms with Gasteiger partial charge in [0.1, 0.15) is 0 Å². The van der Waals surface area contributed by atoms with Crippen LogP contribution in [-0.4, -0.2) is 5.05 Å². The fourth-order valence-corrected chi connectivity index (χ4v) is 7.21. The summed E-state index contributed by atoms with van der Waals surface area (Å²) in [4.78, 5) is 0. The molecule has 0 spiro atoms. The Morgan fingerprint density at radius 3 is 1.35 bits per heavy atom. The summed E-state index contributed by atoms with van der Waals surface area (Å²) in [5.41, 5.74) is 0. The fourth-order valence-electron chi connectivity index (χ4n) is 4.97. The predicted molar refractivity (Wildman–Crippen MR) is 171 cm³/mol. The molecule has 0 aromatic heterocycles. The Morgan fingerprint density at radius 1 is 0.595 bits per heavy atom. The third-order valence-electron chi connectivity index (χ3n) is 7.39. The second kappa shape index (κ2) is 21.7. The Labute approximate surface area is 236 Å². The Morgan fingerprint density at radius 2 is 0.973 bits per heavy atom. The zero-order valence-corrected chi connectivity index (χ0v) is 25.6. The lowest BCUT2D eigenvalue weighted by Gasteiger charge is -2.23. The minimum Gasteiger partial charge on any atom is -0.457 e. The van der Waals surface area contributed by atoms with E-state index in [2.05, 4.69) is 74.5 Å². The van der Waals surface area contributed by atoms with Crippen molar-refractivity contribution in [2.45, 2.75) is 129 Å². The summed E-state index contributed by atoms with van der Waals surface area (Å²) in [5.74, 6) is 0.374. The van der Waals surface area contributed by atoms with Gasteiger partial charge in [0.05, 0.1) is 0 Å². The molecule has 206 valence electrons. The van der Waals surface area contributed by atoms with Gasteiger partial charge >= 0.3 is 0 Å². The van der Waals surface area contributed by atoms with Gasteiger partial charge in [0.15, 0.2) is 13.2 Å². The Bertz CT molecular complexity index is 754. The molecule has 0 aliphatic carbocycles. The third kappa shape index (κ3) is 14.5. The predicted octanol–water partition coefficient (Wildman–Crippen LogP) is 11.1. The lowest BCUT2D eigenvalue weighted by molar-refractivity contribution is 0.476. The van der Waals surface area contributed by atoms with Crippen LogP contribution in [0.15, 0.2) is 60.7 Å². The van der Waals surface area contributed by atoms with Crippen molar-refractivity contribution in [2.24, 2.45) is 5.92 Å². The smallest absolute Gasteiger partial charge is 0.167 e. The van der Waals surface area contributed by atoms with E-state index in [9.17, 15) is 0 Å². The molecule has 0 amide bonds. The molecular formula is C34H53OPS. The molecule has 2 aromatic rings. The summed E-state index contributed by atoms with van der Waals surface area (Å²) in [6, 6.07) is 21.1. The molecule has 0 radical (unpaired) electrons. The van der Waals surface area contributed by atoms with E-state index in [1.165, 1.54) is 113 Å². The van der Waals surface area contributed by atoms with E-state index in [4.69, 9.17) is 16.7 Å². The highest BCUT2D eigenvalue weighted by Gasteiger charge is 2.22. The number of unbranched alkanes of at least 4 members (excludes halogenated alkanes) is 15. The van der Waals surface area contributed by atoms with Crippen molar-refractivity contribution in [3.05, 3.63) is 60.7 Å². The van der Waals surface area contributed by atoms with Crippen LogP contribution < -0.4 is 10.6 Å². The summed E-state index contributed by atoms with van der Waals surface area (Å²) in [6.07, 6.45) is 24.8. The van der Waals surface area contributed by atoms with Crippen LogP contribution in [0.25, 0.3) is 0 Å². The number of hydrogen-bond acceptors (Lipinski definition) is 2. The first-order chi connectivity index (χ1) is 18.3. The van der Waals surface area contributed by atoms with E-state index in [0.717, 1.165) is 17.9 Å². The minimum atomic E-state index is -0.909. The van der Waals surface area contributed by atoms with Crippen LogP contribution in [0.2, 0.25) is 0 Å². The van der Waals surface area contributed by atoms with Crippen LogP contribution in [0, 0.1) is 5.92 Å². The van der Waals surface area contributed by atoms with Crippen molar-refractivity contribution < 1.29 is 4.52 Å². The number of hydrogen-bond donors (Lipinski definition) is 0. The first kappa shape index (κ1) is 32.0. The number of benzene rings is 2. The van der Waals surface area contributed by atoms with Crippen molar-refractivity contribution in [3.63, 3.8) is 0 Å². The van der Waals surface area contributed by atoms with Crippen LogP contribution in [0.3, 0.4) is 0 Å². The lowest BCUT2D eigenvalue weighted by atomic mass is 9.98.